The van der Waals surface area contributed by atoms with Gasteiger partial charge in [-0.15, -0.1) is 0 Å². The van der Waals surface area contributed by atoms with Crippen molar-refractivity contribution < 1.29 is 40.5 Å². The molecule has 10 heavy (non-hydrogen) atoms. The molecule has 0 amide bonds. The topological polar surface area (TPSA) is 26.3 Å². The normalized spacial score (nSPS) is 9.50. The first-order chi connectivity index (χ1) is 3.95. The standard InChI is InChI=1S/C7H12O2.Na.H/c1-5-6(8)9-7(2,3)4;;/h5H,1H2,2-4H3;;/q;+1;-1. The quantitative estimate of drug-likeness (QED) is 0.263. The van der Waals surface area contributed by atoms with E-state index in [1.807, 2.05) is 20.8 Å². The van der Waals surface area contributed by atoms with Crippen LogP contribution in [0, 0.1) is 0 Å². The summed E-state index contributed by atoms with van der Waals surface area (Å²) < 4.78 is 4.83. The van der Waals surface area contributed by atoms with Crippen LogP contribution in [0.1, 0.15) is 22.2 Å². The van der Waals surface area contributed by atoms with Crippen molar-refractivity contribution in [1.29, 1.82) is 0 Å². The van der Waals surface area contributed by atoms with E-state index < -0.39 is 5.60 Å². The van der Waals surface area contributed by atoms with Crippen molar-refractivity contribution in [2.24, 2.45) is 0 Å². The molecule has 0 saturated carbocycles. The van der Waals surface area contributed by atoms with E-state index >= 15 is 0 Å². The maximum Gasteiger partial charge on any atom is 1.00 e. The van der Waals surface area contributed by atoms with Crippen LogP contribution < -0.4 is 29.6 Å². The van der Waals surface area contributed by atoms with Crippen LogP contribution in [0.15, 0.2) is 12.7 Å². The van der Waals surface area contributed by atoms with E-state index in [-0.39, 0.29) is 37.0 Å². The molecule has 0 aliphatic heterocycles. The van der Waals surface area contributed by atoms with E-state index in [0.717, 1.165) is 6.08 Å². The van der Waals surface area contributed by atoms with Gasteiger partial charge in [-0.3, -0.25) is 0 Å². The Bertz CT molecular complexity index is 129. The molecule has 3 heteroatoms. The van der Waals surface area contributed by atoms with Crippen molar-refractivity contribution in [1.82, 2.24) is 0 Å². The fourth-order valence-electron chi connectivity index (χ4n) is 0.343. The van der Waals surface area contributed by atoms with Crippen LogP contribution in [0.25, 0.3) is 0 Å². The summed E-state index contributed by atoms with van der Waals surface area (Å²) in [5, 5.41) is 0. The second kappa shape index (κ2) is 4.94. The SMILES string of the molecule is C=CC(=O)OC(C)(C)C.[H-].[Na+]. The van der Waals surface area contributed by atoms with Gasteiger partial charge in [0.25, 0.3) is 0 Å². The van der Waals surface area contributed by atoms with Crippen molar-refractivity contribution in [2.75, 3.05) is 0 Å². The Morgan fingerprint density at radius 3 is 2.10 bits per heavy atom. The molecule has 0 N–H and O–H groups in total. The van der Waals surface area contributed by atoms with Crippen molar-refractivity contribution in [2.45, 2.75) is 26.4 Å². The third-order valence-corrected chi connectivity index (χ3v) is 0.573. The zero-order valence-electron chi connectivity index (χ0n) is 8.10. The summed E-state index contributed by atoms with van der Waals surface area (Å²) in [6.07, 6.45) is 1.16. The van der Waals surface area contributed by atoms with Gasteiger partial charge in [-0.2, -0.15) is 0 Å². The van der Waals surface area contributed by atoms with Gasteiger partial charge in [-0.05, 0) is 20.8 Å². The van der Waals surface area contributed by atoms with Crippen molar-refractivity contribution >= 4 is 5.97 Å². The number of rotatable bonds is 1. The summed E-state index contributed by atoms with van der Waals surface area (Å²) in [5.74, 6) is -0.373. The Balaban J connectivity index is -0.000000320. The minimum atomic E-state index is -0.398. The number of hydrogen-bond donors (Lipinski definition) is 0. The molecule has 0 aromatic rings. The monoisotopic (exact) mass is 152 g/mol. The summed E-state index contributed by atoms with van der Waals surface area (Å²) in [5.41, 5.74) is -0.398. The Kier molecular flexibility index (Phi) is 6.35. The van der Waals surface area contributed by atoms with Gasteiger partial charge >= 0.3 is 35.5 Å². The fraction of sp³-hybridized carbons (Fsp3) is 0.571. The van der Waals surface area contributed by atoms with Gasteiger partial charge in [0.05, 0.1) is 0 Å². The molecular formula is C7H13NaO2. The first-order valence-corrected chi connectivity index (χ1v) is 2.81. The minimum Gasteiger partial charge on any atom is -1.00 e. The molecule has 2 nitrogen and oxygen atoms in total. The molecule has 0 aliphatic carbocycles. The largest absolute Gasteiger partial charge is 1.00 e. The van der Waals surface area contributed by atoms with Crippen LogP contribution in [0.2, 0.25) is 0 Å². The smallest absolute Gasteiger partial charge is 1.00 e. The minimum absolute atomic E-state index is 0. The molecule has 0 radical (unpaired) electrons. The van der Waals surface area contributed by atoms with Gasteiger partial charge in [0.15, 0.2) is 0 Å². The average Bonchev–Trinajstić information content (AvgIpc) is 1.62. The number of carbonyl (C=O) groups is 1. The fourth-order valence-corrected chi connectivity index (χ4v) is 0.343. The molecule has 0 atom stereocenters. The summed E-state index contributed by atoms with van der Waals surface area (Å²) >= 11 is 0. The summed E-state index contributed by atoms with van der Waals surface area (Å²) in [4.78, 5) is 10.5. The van der Waals surface area contributed by atoms with Crippen LogP contribution >= 0.6 is 0 Å². The summed E-state index contributed by atoms with van der Waals surface area (Å²) in [6, 6.07) is 0. The van der Waals surface area contributed by atoms with E-state index in [0.29, 0.717) is 0 Å². The van der Waals surface area contributed by atoms with E-state index in [1.54, 1.807) is 0 Å². The predicted octanol–water partition coefficient (Wildman–Crippen LogP) is -1.37. The molecule has 0 fully saturated rings. The zero-order chi connectivity index (χ0) is 7.49. The molecule has 0 heterocycles. The van der Waals surface area contributed by atoms with Crippen molar-refractivity contribution in [3.8, 4) is 0 Å². The van der Waals surface area contributed by atoms with Crippen LogP contribution in [-0.4, -0.2) is 11.6 Å². The Morgan fingerprint density at radius 1 is 1.60 bits per heavy atom. The van der Waals surface area contributed by atoms with E-state index in [9.17, 15) is 4.79 Å². The van der Waals surface area contributed by atoms with Gasteiger partial charge in [0.1, 0.15) is 5.60 Å². The number of hydrogen-bond acceptors (Lipinski definition) is 2. The van der Waals surface area contributed by atoms with Gasteiger partial charge in [-0.1, -0.05) is 6.58 Å². The predicted molar refractivity (Wildman–Crippen MR) is 37.2 cm³/mol. The third-order valence-electron chi connectivity index (χ3n) is 0.573. The molecule has 54 valence electrons. The molecule has 0 unspecified atom stereocenters. The molecule has 0 aliphatic rings. The van der Waals surface area contributed by atoms with Gasteiger partial charge in [0.2, 0.25) is 0 Å². The Morgan fingerprint density at radius 2 is 2.00 bits per heavy atom. The van der Waals surface area contributed by atoms with E-state index in [4.69, 9.17) is 4.74 Å². The maximum absolute atomic E-state index is 10.5. The van der Waals surface area contributed by atoms with Crippen LogP contribution in [-0.2, 0) is 9.53 Å². The van der Waals surface area contributed by atoms with Crippen LogP contribution in [0.5, 0.6) is 0 Å². The number of carbonyl (C=O) groups excluding carboxylic acids is 1. The van der Waals surface area contributed by atoms with E-state index in [1.165, 1.54) is 0 Å². The van der Waals surface area contributed by atoms with Gasteiger partial charge in [-0.25, -0.2) is 4.79 Å². The van der Waals surface area contributed by atoms with Crippen LogP contribution in [0.4, 0.5) is 0 Å². The molecule has 0 saturated heterocycles. The molecule has 0 rings (SSSR count). The number of esters is 1. The summed E-state index contributed by atoms with van der Waals surface area (Å²) in [6.45, 7) is 8.71. The van der Waals surface area contributed by atoms with Gasteiger partial charge < -0.3 is 6.16 Å². The number of ether oxygens (including phenoxy) is 1. The summed E-state index contributed by atoms with van der Waals surface area (Å²) in [7, 11) is 0. The average molecular weight is 152 g/mol. The van der Waals surface area contributed by atoms with E-state index in [2.05, 4.69) is 6.58 Å². The third kappa shape index (κ3) is 8.21. The van der Waals surface area contributed by atoms with Crippen molar-refractivity contribution in [3.63, 3.8) is 0 Å². The molecule has 0 aromatic heterocycles. The first-order valence-electron chi connectivity index (χ1n) is 2.81. The first kappa shape index (κ1) is 12.8. The maximum atomic E-state index is 10.5. The van der Waals surface area contributed by atoms with Gasteiger partial charge in [0, 0.05) is 6.08 Å². The molecule has 0 aromatic carbocycles. The van der Waals surface area contributed by atoms with Crippen molar-refractivity contribution in [3.05, 3.63) is 12.7 Å². The zero-order valence-corrected chi connectivity index (χ0v) is 9.10. The Hall–Kier alpha value is 0.210. The Labute approximate surface area is 85.4 Å². The second-order valence-electron chi connectivity index (χ2n) is 2.74. The molecular weight excluding hydrogens is 139 g/mol. The molecule has 0 bridgehead atoms. The molecule has 0 spiro atoms. The second-order valence-corrected chi connectivity index (χ2v) is 2.74. The van der Waals surface area contributed by atoms with Crippen LogP contribution in [0.3, 0.4) is 0 Å².